The topological polar surface area (TPSA) is 106 Å². The molecule has 138 valence electrons. The smallest absolute Gasteiger partial charge is 0.346 e. The summed E-state index contributed by atoms with van der Waals surface area (Å²) in [5, 5.41) is 22.8. The highest BCUT2D eigenvalue weighted by molar-refractivity contribution is 5.79. The first-order valence-corrected chi connectivity index (χ1v) is 8.43. The molecule has 0 radical (unpaired) electrons. The molecular weight excluding hydrogens is 360 g/mol. The van der Waals surface area contributed by atoms with Crippen LogP contribution in [0.3, 0.4) is 0 Å². The Bertz CT molecular complexity index is 1180. The molecule has 1 aromatic heterocycles. The van der Waals surface area contributed by atoms with E-state index >= 15 is 0 Å². The van der Waals surface area contributed by atoms with E-state index in [4.69, 9.17) is 4.42 Å². The Morgan fingerprint density at radius 2 is 1.50 bits per heavy atom. The van der Waals surface area contributed by atoms with Gasteiger partial charge in [0, 0.05) is 12.1 Å². The van der Waals surface area contributed by atoms with Crippen LogP contribution in [-0.2, 0) is 5.60 Å². The number of nitrogens with zero attached hydrogens (tertiary/aromatic N) is 2. The largest absolute Gasteiger partial charge is 0.404 e. The zero-order valence-electron chi connectivity index (χ0n) is 14.5. The van der Waals surface area contributed by atoms with E-state index in [1.807, 2.05) is 0 Å². The van der Waals surface area contributed by atoms with Gasteiger partial charge in [-0.05, 0) is 17.2 Å². The molecule has 0 unspecified atom stereocenters. The van der Waals surface area contributed by atoms with E-state index in [1.165, 1.54) is 18.2 Å². The van der Waals surface area contributed by atoms with E-state index in [0.29, 0.717) is 11.1 Å². The minimum atomic E-state index is -1.85. The van der Waals surface area contributed by atoms with E-state index in [-0.39, 0.29) is 22.5 Å². The van der Waals surface area contributed by atoms with Crippen molar-refractivity contribution in [1.82, 2.24) is 4.98 Å². The zero-order valence-corrected chi connectivity index (χ0v) is 14.5. The maximum atomic E-state index is 12.5. The van der Waals surface area contributed by atoms with Crippen molar-refractivity contribution >= 4 is 16.6 Å². The quantitative estimate of drug-likeness (QED) is 0.433. The Labute approximate surface area is 158 Å². The van der Waals surface area contributed by atoms with E-state index in [2.05, 4.69) is 4.98 Å². The number of nitro benzene ring substituents is 1. The normalized spacial score (nSPS) is 11.5. The van der Waals surface area contributed by atoms with Gasteiger partial charge in [0.25, 0.3) is 5.69 Å². The monoisotopic (exact) mass is 374 g/mol. The predicted molar refractivity (Wildman–Crippen MR) is 102 cm³/mol. The lowest BCUT2D eigenvalue weighted by Crippen LogP contribution is -2.31. The molecule has 28 heavy (non-hydrogen) atoms. The maximum absolute atomic E-state index is 12.5. The second-order valence-corrected chi connectivity index (χ2v) is 6.21. The summed E-state index contributed by atoms with van der Waals surface area (Å²) in [6.45, 7) is 0. The molecule has 1 N–H and O–H groups in total. The van der Waals surface area contributed by atoms with Crippen molar-refractivity contribution in [1.29, 1.82) is 0 Å². The first-order chi connectivity index (χ1) is 13.5. The summed E-state index contributed by atoms with van der Waals surface area (Å²) in [5.41, 5.74) is -1.82. The van der Waals surface area contributed by atoms with E-state index in [1.54, 1.807) is 60.7 Å². The van der Waals surface area contributed by atoms with Crippen molar-refractivity contribution in [3.63, 3.8) is 0 Å². The highest BCUT2D eigenvalue weighted by atomic mass is 16.6. The number of hydrogen-bond acceptors (Lipinski definition) is 6. The third-order valence-corrected chi connectivity index (χ3v) is 4.52. The molecule has 0 fully saturated rings. The minimum Gasteiger partial charge on any atom is -0.404 e. The van der Waals surface area contributed by atoms with Crippen molar-refractivity contribution in [3.05, 3.63) is 116 Å². The molecule has 0 atom stereocenters. The fourth-order valence-corrected chi connectivity index (χ4v) is 3.10. The summed E-state index contributed by atoms with van der Waals surface area (Å²) in [6.07, 6.45) is 0. The van der Waals surface area contributed by atoms with Crippen molar-refractivity contribution in [2.24, 2.45) is 0 Å². The molecule has 0 aliphatic heterocycles. The lowest BCUT2D eigenvalue weighted by Gasteiger charge is -2.27. The second-order valence-electron chi connectivity index (χ2n) is 6.21. The van der Waals surface area contributed by atoms with Gasteiger partial charge in [-0.25, -0.2) is 9.78 Å². The summed E-state index contributed by atoms with van der Waals surface area (Å²) >= 11 is 0. The van der Waals surface area contributed by atoms with Gasteiger partial charge >= 0.3 is 5.63 Å². The molecule has 7 nitrogen and oxygen atoms in total. The Kier molecular flexibility index (Phi) is 4.21. The molecular formula is C21H14N2O5. The average molecular weight is 374 g/mol. The summed E-state index contributed by atoms with van der Waals surface area (Å²) in [4.78, 5) is 27.3. The molecule has 3 aromatic carbocycles. The third-order valence-electron chi connectivity index (χ3n) is 4.52. The van der Waals surface area contributed by atoms with Crippen LogP contribution >= 0.6 is 0 Å². The first kappa shape index (κ1) is 17.6. The molecule has 4 rings (SSSR count). The number of aliphatic hydroxyl groups is 1. The van der Waals surface area contributed by atoms with Crippen LogP contribution in [0.15, 0.2) is 88.1 Å². The van der Waals surface area contributed by atoms with Gasteiger partial charge in [0.15, 0.2) is 5.60 Å². The number of aromatic nitrogens is 1. The average Bonchev–Trinajstić information content (AvgIpc) is 2.74. The van der Waals surface area contributed by atoms with Crippen LogP contribution in [0.1, 0.15) is 17.0 Å². The zero-order chi connectivity index (χ0) is 19.7. The van der Waals surface area contributed by atoms with Crippen LogP contribution < -0.4 is 5.63 Å². The maximum Gasteiger partial charge on any atom is 0.346 e. The van der Waals surface area contributed by atoms with Crippen LogP contribution in [0.25, 0.3) is 10.9 Å². The summed E-state index contributed by atoms with van der Waals surface area (Å²) in [7, 11) is 0. The van der Waals surface area contributed by atoms with Gasteiger partial charge in [-0.2, -0.15) is 0 Å². The number of hydrogen-bond donors (Lipinski definition) is 1. The SMILES string of the molecule is O=c1oc(C(O)(c2ccccc2)c2ccccc2)nc2cc([N+](=O)[O-])ccc12. The molecule has 4 aromatic rings. The molecule has 0 aliphatic carbocycles. The number of nitro groups is 1. The molecule has 0 saturated heterocycles. The molecule has 0 bridgehead atoms. The van der Waals surface area contributed by atoms with Crippen molar-refractivity contribution in [3.8, 4) is 0 Å². The Morgan fingerprint density at radius 1 is 0.929 bits per heavy atom. The standard InChI is InChI=1S/C21H14N2O5/c24-19-17-12-11-16(23(26)27)13-18(17)22-20(28-19)21(25,14-7-3-1-4-8-14)15-9-5-2-6-10-15/h1-13,25H. The minimum absolute atomic E-state index is 0.0748. The van der Waals surface area contributed by atoms with Crippen LogP contribution in [0.4, 0.5) is 5.69 Å². The van der Waals surface area contributed by atoms with Gasteiger partial charge in [-0.15, -0.1) is 0 Å². The third kappa shape index (κ3) is 2.83. The van der Waals surface area contributed by atoms with Gasteiger partial charge in [-0.1, -0.05) is 60.7 Å². The molecule has 7 heteroatoms. The highest BCUT2D eigenvalue weighted by Crippen LogP contribution is 2.35. The van der Waals surface area contributed by atoms with E-state index < -0.39 is 16.1 Å². The number of fused-ring (bicyclic) bond motifs is 1. The second kappa shape index (κ2) is 6.71. The summed E-state index contributed by atoms with van der Waals surface area (Å²) < 4.78 is 5.38. The van der Waals surface area contributed by atoms with Crippen LogP contribution in [-0.4, -0.2) is 15.0 Å². The molecule has 0 amide bonds. The van der Waals surface area contributed by atoms with Crippen molar-refractivity contribution in [2.45, 2.75) is 5.60 Å². The van der Waals surface area contributed by atoms with Gasteiger partial charge in [-0.3, -0.25) is 10.1 Å². The van der Waals surface area contributed by atoms with Crippen molar-refractivity contribution < 1.29 is 14.4 Å². The van der Waals surface area contributed by atoms with Crippen LogP contribution in [0.2, 0.25) is 0 Å². The van der Waals surface area contributed by atoms with Crippen molar-refractivity contribution in [2.75, 3.05) is 0 Å². The lowest BCUT2D eigenvalue weighted by molar-refractivity contribution is -0.384. The van der Waals surface area contributed by atoms with Gasteiger partial charge in [0.1, 0.15) is 0 Å². The fourth-order valence-electron chi connectivity index (χ4n) is 3.10. The van der Waals surface area contributed by atoms with E-state index in [0.717, 1.165) is 0 Å². The van der Waals surface area contributed by atoms with Gasteiger partial charge in [0.05, 0.1) is 15.8 Å². The Morgan fingerprint density at radius 3 is 2.04 bits per heavy atom. The number of non-ortho nitro benzene ring substituents is 1. The van der Waals surface area contributed by atoms with Gasteiger partial charge < -0.3 is 9.52 Å². The molecule has 0 saturated carbocycles. The molecule has 0 aliphatic rings. The Hall–Kier alpha value is -3.84. The number of benzene rings is 3. The predicted octanol–water partition coefficient (Wildman–Crippen LogP) is 3.38. The van der Waals surface area contributed by atoms with E-state index in [9.17, 15) is 20.0 Å². The Balaban J connectivity index is 2.03. The lowest BCUT2D eigenvalue weighted by atomic mass is 9.86. The first-order valence-electron chi connectivity index (χ1n) is 8.43. The fraction of sp³-hybridized carbons (Fsp3) is 0.0476. The summed E-state index contributed by atoms with van der Waals surface area (Å²) in [6, 6.07) is 21.0. The van der Waals surface area contributed by atoms with Gasteiger partial charge in [0.2, 0.25) is 5.89 Å². The molecule has 1 heterocycles. The molecule has 0 spiro atoms. The van der Waals surface area contributed by atoms with Crippen LogP contribution in [0, 0.1) is 10.1 Å². The number of rotatable bonds is 4. The van der Waals surface area contributed by atoms with Crippen LogP contribution in [0.5, 0.6) is 0 Å². The highest BCUT2D eigenvalue weighted by Gasteiger charge is 2.38. The summed E-state index contributed by atoms with van der Waals surface area (Å²) in [5.74, 6) is -0.261.